The van der Waals surface area contributed by atoms with Gasteiger partial charge in [-0.15, -0.1) is 0 Å². The maximum Gasteiger partial charge on any atom is 0.290 e. The molecule has 5 nitrogen and oxygen atoms in total. The predicted octanol–water partition coefficient (Wildman–Crippen LogP) is -0.0566. The molecule has 15 heavy (non-hydrogen) atoms. The van der Waals surface area contributed by atoms with Crippen LogP contribution in [0, 0.1) is 5.92 Å². The molecular weight excluding hydrogens is 192 g/mol. The first kappa shape index (κ1) is 10.2. The van der Waals surface area contributed by atoms with Crippen molar-refractivity contribution in [3.63, 3.8) is 0 Å². The molecule has 1 fully saturated rings. The Balaban J connectivity index is 2.24. The molecule has 1 aliphatic rings. The summed E-state index contributed by atoms with van der Waals surface area (Å²) in [6, 6.07) is 0.134. The lowest BCUT2D eigenvalue weighted by molar-refractivity contribution is 0.399. The molecule has 0 aromatic carbocycles. The van der Waals surface area contributed by atoms with E-state index in [0.717, 1.165) is 13.0 Å². The Bertz CT molecular complexity index is 379. The van der Waals surface area contributed by atoms with E-state index in [0.29, 0.717) is 18.3 Å². The molecule has 1 saturated heterocycles. The van der Waals surface area contributed by atoms with Gasteiger partial charge in [-0.25, -0.2) is 4.98 Å². The summed E-state index contributed by atoms with van der Waals surface area (Å²) in [5.41, 5.74) is 5.78. The van der Waals surface area contributed by atoms with Gasteiger partial charge < -0.3 is 15.6 Å². The zero-order chi connectivity index (χ0) is 10.8. The molecule has 3 N–H and O–H groups in total. The highest BCUT2D eigenvalue weighted by Gasteiger charge is 2.24. The molecule has 0 saturated carbocycles. The number of aromatic amines is 1. The summed E-state index contributed by atoms with van der Waals surface area (Å²) in [6.45, 7) is 3.71. The highest BCUT2D eigenvalue weighted by Crippen LogP contribution is 2.17. The van der Waals surface area contributed by atoms with E-state index in [-0.39, 0.29) is 11.6 Å². The Morgan fingerprint density at radius 2 is 2.40 bits per heavy atom. The number of hydrogen-bond donors (Lipinski definition) is 2. The van der Waals surface area contributed by atoms with Gasteiger partial charge in [0.25, 0.3) is 5.56 Å². The second kappa shape index (κ2) is 4.02. The van der Waals surface area contributed by atoms with Crippen molar-refractivity contribution >= 4 is 5.82 Å². The van der Waals surface area contributed by atoms with Crippen molar-refractivity contribution in [3.8, 4) is 0 Å². The number of H-pyrrole nitrogens is 1. The maximum absolute atomic E-state index is 11.5. The minimum Gasteiger partial charge on any atom is -0.350 e. The van der Waals surface area contributed by atoms with Crippen molar-refractivity contribution in [3.05, 3.63) is 22.7 Å². The fourth-order valence-electron chi connectivity index (χ4n) is 2.14. The number of nitrogens with two attached hydrogens (primary N) is 1. The van der Waals surface area contributed by atoms with Gasteiger partial charge in [-0.2, -0.15) is 0 Å². The van der Waals surface area contributed by atoms with Gasteiger partial charge in [-0.1, -0.05) is 6.92 Å². The summed E-state index contributed by atoms with van der Waals surface area (Å²) < 4.78 is 0. The molecule has 0 bridgehead atoms. The van der Waals surface area contributed by atoms with Gasteiger partial charge in [0.15, 0.2) is 5.82 Å². The Morgan fingerprint density at radius 1 is 1.60 bits per heavy atom. The van der Waals surface area contributed by atoms with E-state index in [1.54, 1.807) is 12.4 Å². The Morgan fingerprint density at radius 3 is 3.07 bits per heavy atom. The van der Waals surface area contributed by atoms with Crippen LogP contribution in [0.4, 0.5) is 5.82 Å². The molecule has 2 atom stereocenters. The number of aromatic nitrogens is 2. The molecule has 0 amide bonds. The monoisotopic (exact) mass is 208 g/mol. The van der Waals surface area contributed by atoms with Gasteiger partial charge in [0.05, 0.1) is 0 Å². The van der Waals surface area contributed by atoms with Crippen LogP contribution in [0.2, 0.25) is 0 Å². The summed E-state index contributed by atoms with van der Waals surface area (Å²) in [5.74, 6) is 0.995. The van der Waals surface area contributed by atoms with Crippen LogP contribution in [0.3, 0.4) is 0 Å². The molecule has 0 radical (unpaired) electrons. The van der Waals surface area contributed by atoms with Crippen molar-refractivity contribution in [2.45, 2.75) is 19.4 Å². The average molecular weight is 208 g/mol. The minimum atomic E-state index is -0.140. The van der Waals surface area contributed by atoms with Crippen LogP contribution < -0.4 is 16.2 Å². The molecule has 1 aromatic heterocycles. The van der Waals surface area contributed by atoms with Gasteiger partial charge in [0.2, 0.25) is 0 Å². The zero-order valence-electron chi connectivity index (χ0n) is 8.81. The van der Waals surface area contributed by atoms with E-state index >= 15 is 0 Å². The number of piperidine rings is 1. The van der Waals surface area contributed by atoms with Gasteiger partial charge >= 0.3 is 0 Å². The molecule has 2 heterocycles. The van der Waals surface area contributed by atoms with Gasteiger partial charge in [0.1, 0.15) is 0 Å². The molecule has 82 valence electrons. The third kappa shape index (κ3) is 2.18. The van der Waals surface area contributed by atoms with Crippen LogP contribution >= 0.6 is 0 Å². The van der Waals surface area contributed by atoms with E-state index < -0.39 is 0 Å². The predicted molar refractivity (Wildman–Crippen MR) is 58.8 cm³/mol. The Kier molecular flexibility index (Phi) is 2.73. The lowest BCUT2D eigenvalue weighted by Crippen LogP contribution is -2.48. The molecule has 5 heteroatoms. The van der Waals surface area contributed by atoms with Gasteiger partial charge in [-0.05, 0) is 12.3 Å². The highest BCUT2D eigenvalue weighted by atomic mass is 16.1. The molecule has 0 spiro atoms. The lowest BCUT2D eigenvalue weighted by atomic mass is 9.97. The van der Waals surface area contributed by atoms with E-state index in [2.05, 4.69) is 16.9 Å². The molecule has 2 rings (SSSR count). The topological polar surface area (TPSA) is 75.0 Å². The Labute approximate surface area is 88.3 Å². The number of nitrogens with zero attached hydrogens (tertiary/aromatic N) is 2. The summed E-state index contributed by atoms with van der Waals surface area (Å²) >= 11 is 0. The number of rotatable bonds is 1. The van der Waals surface area contributed by atoms with Crippen LogP contribution in [0.5, 0.6) is 0 Å². The summed E-state index contributed by atoms with van der Waals surface area (Å²) in [6.07, 6.45) is 4.15. The van der Waals surface area contributed by atoms with Crippen LogP contribution in [0.15, 0.2) is 17.2 Å². The largest absolute Gasteiger partial charge is 0.350 e. The average Bonchev–Trinajstić information content (AvgIpc) is 2.16. The summed E-state index contributed by atoms with van der Waals surface area (Å²) in [7, 11) is 0. The second-order valence-electron chi connectivity index (χ2n) is 4.25. The van der Waals surface area contributed by atoms with Gasteiger partial charge in [0, 0.05) is 31.5 Å². The third-order valence-electron chi connectivity index (χ3n) is 2.68. The number of hydrogen-bond acceptors (Lipinski definition) is 4. The van der Waals surface area contributed by atoms with Crippen molar-refractivity contribution in [2.75, 3.05) is 18.0 Å². The lowest BCUT2D eigenvalue weighted by Gasteiger charge is -2.34. The first-order valence-corrected chi connectivity index (χ1v) is 5.21. The zero-order valence-corrected chi connectivity index (χ0v) is 8.81. The molecule has 1 aliphatic heterocycles. The fourth-order valence-corrected chi connectivity index (χ4v) is 2.14. The van der Waals surface area contributed by atoms with E-state index in [1.807, 2.05) is 4.90 Å². The highest BCUT2D eigenvalue weighted by molar-refractivity contribution is 5.36. The van der Waals surface area contributed by atoms with Crippen LogP contribution in [-0.2, 0) is 0 Å². The first-order valence-electron chi connectivity index (χ1n) is 5.21. The number of nitrogens with one attached hydrogen (secondary N) is 1. The standard InChI is InChI=1S/C10H16N4O/c1-7-4-8(11)6-14(5-7)9-10(15)13-3-2-12-9/h2-3,7-8H,4-6,11H2,1H3,(H,13,15). The SMILES string of the molecule is CC1CC(N)CN(c2ncc[nH]c2=O)C1. The number of anilines is 1. The normalized spacial score (nSPS) is 26.7. The molecule has 1 aromatic rings. The van der Waals surface area contributed by atoms with Crippen LogP contribution in [0.25, 0.3) is 0 Å². The van der Waals surface area contributed by atoms with Crippen LogP contribution in [-0.4, -0.2) is 29.1 Å². The summed E-state index contributed by atoms with van der Waals surface area (Å²) in [5, 5.41) is 0. The maximum atomic E-state index is 11.5. The first-order chi connectivity index (χ1) is 7.16. The molecular formula is C10H16N4O. The molecule has 0 aliphatic carbocycles. The smallest absolute Gasteiger partial charge is 0.290 e. The minimum absolute atomic E-state index is 0.134. The van der Waals surface area contributed by atoms with E-state index in [9.17, 15) is 4.79 Å². The second-order valence-corrected chi connectivity index (χ2v) is 4.25. The van der Waals surface area contributed by atoms with Crippen molar-refractivity contribution < 1.29 is 0 Å². The van der Waals surface area contributed by atoms with E-state index in [4.69, 9.17) is 5.73 Å². The van der Waals surface area contributed by atoms with Crippen molar-refractivity contribution in [2.24, 2.45) is 11.7 Å². The third-order valence-corrected chi connectivity index (χ3v) is 2.68. The van der Waals surface area contributed by atoms with Crippen molar-refractivity contribution in [1.29, 1.82) is 0 Å². The quantitative estimate of drug-likeness (QED) is 0.678. The van der Waals surface area contributed by atoms with Crippen LogP contribution in [0.1, 0.15) is 13.3 Å². The molecule has 2 unspecified atom stereocenters. The van der Waals surface area contributed by atoms with E-state index in [1.165, 1.54) is 0 Å². The van der Waals surface area contributed by atoms with Crippen molar-refractivity contribution in [1.82, 2.24) is 9.97 Å². The van der Waals surface area contributed by atoms with Gasteiger partial charge in [-0.3, -0.25) is 4.79 Å². The Hall–Kier alpha value is -1.36. The fraction of sp³-hybridized carbons (Fsp3) is 0.600. The summed E-state index contributed by atoms with van der Waals surface area (Å²) in [4.78, 5) is 20.2.